The lowest BCUT2D eigenvalue weighted by Crippen LogP contribution is -2.20. The normalized spacial score (nSPS) is 10.2. The highest BCUT2D eigenvalue weighted by Crippen LogP contribution is 2.04. The topological polar surface area (TPSA) is 47.3 Å². The van der Waals surface area contributed by atoms with Crippen molar-refractivity contribution in [3.8, 4) is 0 Å². The maximum Gasteiger partial charge on any atom is 0.0713 e. The van der Waals surface area contributed by atoms with Crippen LogP contribution in [0.2, 0.25) is 0 Å². The van der Waals surface area contributed by atoms with Gasteiger partial charge in [0.15, 0.2) is 0 Å². The quantitative estimate of drug-likeness (QED) is 0.513. The molecule has 0 bridgehead atoms. The summed E-state index contributed by atoms with van der Waals surface area (Å²) < 4.78 is 4.99. The molecule has 0 unspecified atom stereocenters. The van der Waals surface area contributed by atoms with Crippen molar-refractivity contribution < 1.29 is 4.74 Å². The van der Waals surface area contributed by atoms with Crippen molar-refractivity contribution in [1.82, 2.24) is 5.43 Å². The van der Waals surface area contributed by atoms with Crippen LogP contribution in [-0.2, 0) is 17.9 Å². The van der Waals surface area contributed by atoms with Crippen LogP contribution in [0.1, 0.15) is 11.1 Å². The van der Waals surface area contributed by atoms with Crippen LogP contribution >= 0.6 is 0 Å². The third kappa shape index (κ3) is 2.62. The highest BCUT2D eigenvalue weighted by molar-refractivity contribution is 5.21. The Balaban J connectivity index is 2.58. The Morgan fingerprint density at radius 2 is 1.83 bits per heavy atom. The van der Waals surface area contributed by atoms with E-state index in [9.17, 15) is 0 Å². The predicted molar refractivity (Wildman–Crippen MR) is 48.2 cm³/mol. The minimum absolute atomic E-state index is 0.663. The number of rotatable bonds is 4. The SMILES string of the molecule is COCc1ccc(CNN)cc1. The van der Waals surface area contributed by atoms with Crippen LogP contribution in [0, 0.1) is 0 Å². The number of hydrogen-bond acceptors (Lipinski definition) is 3. The van der Waals surface area contributed by atoms with Gasteiger partial charge in [0.05, 0.1) is 6.61 Å². The van der Waals surface area contributed by atoms with Crippen LogP contribution in [-0.4, -0.2) is 7.11 Å². The number of benzene rings is 1. The minimum atomic E-state index is 0.663. The second kappa shape index (κ2) is 4.87. The second-order valence-electron chi connectivity index (χ2n) is 2.63. The molecule has 0 amide bonds. The Bertz CT molecular complexity index is 195. The average Bonchev–Trinajstić information content (AvgIpc) is 2.09. The zero-order valence-corrected chi connectivity index (χ0v) is 7.21. The van der Waals surface area contributed by atoms with Crippen LogP contribution in [0.4, 0.5) is 0 Å². The molecule has 0 aromatic heterocycles. The van der Waals surface area contributed by atoms with Crippen LogP contribution in [0.15, 0.2) is 24.3 Å². The molecule has 0 saturated carbocycles. The van der Waals surface area contributed by atoms with E-state index < -0.39 is 0 Å². The molecule has 0 saturated heterocycles. The van der Waals surface area contributed by atoms with Crippen molar-refractivity contribution in [3.05, 3.63) is 35.4 Å². The summed E-state index contributed by atoms with van der Waals surface area (Å²) in [6.45, 7) is 1.36. The van der Waals surface area contributed by atoms with Gasteiger partial charge in [-0.15, -0.1) is 0 Å². The Labute approximate surface area is 72.5 Å². The van der Waals surface area contributed by atoms with Gasteiger partial charge in [-0.1, -0.05) is 24.3 Å². The summed E-state index contributed by atoms with van der Waals surface area (Å²) in [5.74, 6) is 5.18. The number of hydrogen-bond donors (Lipinski definition) is 2. The van der Waals surface area contributed by atoms with E-state index in [0.717, 1.165) is 0 Å². The summed E-state index contributed by atoms with van der Waals surface area (Å²) in [5, 5.41) is 0. The van der Waals surface area contributed by atoms with Gasteiger partial charge >= 0.3 is 0 Å². The van der Waals surface area contributed by atoms with E-state index in [1.807, 2.05) is 24.3 Å². The van der Waals surface area contributed by atoms with Crippen molar-refractivity contribution in [1.29, 1.82) is 0 Å². The molecule has 1 rings (SSSR count). The van der Waals surface area contributed by atoms with E-state index in [1.54, 1.807) is 7.11 Å². The summed E-state index contributed by atoms with van der Waals surface area (Å²) in [4.78, 5) is 0. The number of hydrazine groups is 1. The zero-order chi connectivity index (χ0) is 8.81. The van der Waals surface area contributed by atoms with Crippen molar-refractivity contribution >= 4 is 0 Å². The molecule has 0 radical (unpaired) electrons. The molecular weight excluding hydrogens is 152 g/mol. The molecule has 0 aliphatic rings. The summed E-state index contributed by atoms with van der Waals surface area (Å²) in [6.07, 6.45) is 0. The van der Waals surface area contributed by atoms with Crippen LogP contribution in [0.25, 0.3) is 0 Å². The van der Waals surface area contributed by atoms with Gasteiger partial charge in [-0.2, -0.15) is 0 Å². The van der Waals surface area contributed by atoms with E-state index in [0.29, 0.717) is 13.2 Å². The summed E-state index contributed by atoms with van der Waals surface area (Å²) in [7, 11) is 1.69. The first kappa shape index (κ1) is 9.19. The van der Waals surface area contributed by atoms with E-state index in [-0.39, 0.29) is 0 Å². The lowest BCUT2D eigenvalue weighted by molar-refractivity contribution is 0.185. The van der Waals surface area contributed by atoms with Crippen LogP contribution in [0.3, 0.4) is 0 Å². The van der Waals surface area contributed by atoms with Gasteiger partial charge in [0, 0.05) is 13.7 Å². The van der Waals surface area contributed by atoms with Gasteiger partial charge in [0.25, 0.3) is 0 Å². The maximum absolute atomic E-state index is 5.18. The Morgan fingerprint density at radius 3 is 2.33 bits per heavy atom. The van der Waals surface area contributed by atoms with E-state index in [2.05, 4.69) is 5.43 Å². The number of nitrogens with two attached hydrogens (primary N) is 1. The van der Waals surface area contributed by atoms with Gasteiger partial charge in [-0.05, 0) is 11.1 Å². The smallest absolute Gasteiger partial charge is 0.0713 e. The first-order valence-corrected chi connectivity index (χ1v) is 3.87. The maximum atomic E-state index is 5.18. The Kier molecular flexibility index (Phi) is 3.73. The molecule has 0 heterocycles. The van der Waals surface area contributed by atoms with E-state index in [1.165, 1.54) is 11.1 Å². The highest BCUT2D eigenvalue weighted by atomic mass is 16.5. The monoisotopic (exact) mass is 166 g/mol. The van der Waals surface area contributed by atoms with Gasteiger partial charge in [0.1, 0.15) is 0 Å². The van der Waals surface area contributed by atoms with E-state index >= 15 is 0 Å². The van der Waals surface area contributed by atoms with Crippen molar-refractivity contribution in [3.63, 3.8) is 0 Å². The van der Waals surface area contributed by atoms with Gasteiger partial charge < -0.3 is 4.74 Å². The average molecular weight is 166 g/mol. The molecule has 0 fully saturated rings. The highest BCUT2D eigenvalue weighted by Gasteiger charge is 1.92. The minimum Gasteiger partial charge on any atom is -0.380 e. The molecule has 3 N–H and O–H groups in total. The van der Waals surface area contributed by atoms with Crippen LogP contribution < -0.4 is 11.3 Å². The molecule has 0 aliphatic heterocycles. The number of methoxy groups -OCH3 is 1. The summed E-state index contributed by atoms with van der Waals surface area (Å²) in [5.41, 5.74) is 4.96. The van der Waals surface area contributed by atoms with Gasteiger partial charge in [0.2, 0.25) is 0 Å². The molecule has 12 heavy (non-hydrogen) atoms. The van der Waals surface area contributed by atoms with Crippen molar-refractivity contribution in [2.75, 3.05) is 7.11 Å². The third-order valence-electron chi connectivity index (χ3n) is 1.64. The molecule has 1 aromatic rings. The molecule has 66 valence electrons. The fourth-order valence-electron chi connectivity index (χ4n) is 1.04. The largest absolute Gasteiger partial charge is 0.380 e. The zero-order valence-electron chi connectivity index (χ0n) is 7.21. The Hall–Kier alpha value is -0.900. The molecule has 0 atom stereocenters. The number of nitrogens with one attached hydrogen (secondary N) is 1. The molecule has 0 spiro atoms. The summed E-state index contributed by atoms with van der Waals surface area (Å²) in [6, 6.07) is 8.15. The lowest BCUT2D eigenvalue weighted by atomic mass is 10.1. The molecule has 3 heteroatoms. The first-order valence-electron chi connectivity index (χ1n) is 3.87. The predicted octanol–water partition coefficient (Wildman–Crippen LogP) is 0.796. The fraction of sp³-hybridized carbons (Fsp3) is 0.333. The van der Waals surface area contributed by atoms with Crippen molar-refractivity contribution in [2.24, 2.45) is 5.84 Å². The fourth-order valence-corrected chi connectivity index (χ4v) is 1.04. The van der Waals surface area contributed by atoms with Gasteiger partial charge in [-0.25, -0.2) is 0 Å². The second-order valence-corrected chi connectivity index (χ2v) is 2.63. The summed E-state index contributed by atoms with van der Waals surface area (Å²) >= 11 is 0. The van der Waals surface area contributed by atoms with Crippen molar-refractivity contribution in [2.45, 2.75) is 13.2 Å². The third-order valence-corrected chi connectivity index (χ3v) is 1.64. The van der Waals surface area contributed by atoms with Gasteiger partial charge in [-0.3, -0.25) is 11.3 Å². The molecular formula is C9H14N2O. The molecule has 3 nitrogen and oxygen atoms in total. The molecule has 1 aromatic carbocycles. The molecule has 0 aliphatic carbocycles. The first-order chi connectivity index (χ1) is 5.86. The Morgan fingerprint density at radius 1 is 1.25 bits per heavy atom. The van der Waals surface area contributed by atoms with Crippen LogP contribution in [0.5, 0.6) is 0 Å². The standard InChI is InChI=1S/C9H14N2O/c1-12-7-9-4-2-8(3-5-9)6-11-10/h2-5,11H,6-7,10H2,1H3. The number of ether oxygens (including phenoxy) is 1. The van der Waals surface area contributed by atoms with E-state index in [4.69, 9.17) is 10.6 Å². The lowest BCUT2D eigenvalue weighted by Gasteiger charge is -2.02.